The van der Waals surface area contributed by atoms with Gasteiger partial charge in [0, 0.05) is 19.6 Å². The summed E-state index contributed by atoms with van der Waals surface area (Å²) in [6, 6.07) is 19.7. The van der Waals surface area contributed by atoms with Crippen LogP contribution in [0.25, 0.3) is 0 Å². The summed E-state index contributed by atoms with van der Waals surface area (Å²) in [4.78, 5) is 21.8. The number of anilines is 2. The maximum atomic E-state index is 11.9. The second kappa shape index (κ2) is 9.45. The van der Waals surface area contributed by atoms with Crippen molar-refractivity contribution in [3.63, 3.8) is 0 Å². The van der Waals surface area contributed by atoms with Crippen LogP contribution in [-0.2, 0) is 13.1 Å². The van der Waals surface area contributed by atoms with Gasteiger partial charge in [-0.3, -0.25) is 10.1 Å². The summed E-state index contributed by atoms with van der Waals surface area (Å²) in [5, 5.41) is 14.9. The normalized spacial score (nSPS) is 10.5. The molecule has 3 rings (SSSR count). The number of hydrogen-bond donors (Lipinski definition) is 1. The molecule has 0 saturated carbocycles. The molecule has 0 saturated heterocycles. The van der Waals surface area contributed by atoms with Crippen LogP contribution in [0.15, 0.2) is 67.0 Å². The molecule has 0 unspecified atom stereocenters. The van der Waals surface area contributed by atoms with Gasteiger partial charge in [0.25, 0.3) is 0 Å². The first-order chi connectivity index (χ1) is 13.7. The van der Waals surface area contributed by atoms with Gasteiger partial charge in [0.15, 0.2) is 0 Å². The van der Waals surface area contributed by atoms with Crippen LogP contribution in [0.1, 0.15) is 24.5 Å². The molecule has 3 aromatic rings. The minimum absolute atomic E-state index is 0.0946. The molecule has 7 heteroatoms. The molecule has 0 atom stereocenters. The highest BCUT2D eigenvalue weighted by molar-refractivity contribution is 5.70. The van der Waals surface area contributed by atoms with Gasteiger partial charge >= 0.3 is 5.69 Å². The van der Waals surface area contributed by atoms with Crippen molar-refractivity contribution in [2.75, 3.05) is 16.8 Å². The van der Waals surface area contributed by atoms with E-state index in [1.165, 1.54) is 6.33 Å². The second-order valence-electron chi connectivity index (χ2n) is 6.41. The third kappa shape index (κ3) is 4.82. The van der Waals surface area contributed by atoms with Crippen molar-refractivity contribution in [3.05, 3.63) is 88.2 Å². The van der Waals surface area contributed by atoms with E-state index < -0.39 is 4.92 Å². The molecule has 1 aromatic heterocycles. The van der Waals surface area contributed by atoms with Gasteiger partial charge in [-0.1, -0.05) is 67.6 Å². The van der Waals surface area contributed by atoms with Crippen LogP contribution in [0.2, 0.25) is 0 Å². The Hall–Kier alpha value is -3.48. The number of nitrogens with zero attached hydrogens (tertiary/aromatic N) is 4. The van der Waals surface area contributed by atoms with Crippen LogP contribution in [0.5, 0.6) is 0 Å². The van der Waals surface area contributed by atoms with Crippen molar-refractivity contribution < 1.29 is 4.92 Å². The summed E-state index contributed by atoms with van der Waals surface area (Å²) in [6.07, 6.45) is 2.22. The van der Waals surface area contributed by atoms with Gasteiger partial charge in [0.1, 0.15) is 6.33 Å². The summed E-state index contributed by atoms with van der Waals surface area (Å²) in [5.74, 6) is 0.564. The standard InChI is InChI=1S/C21H23N5O2/c1-2-13-22-20-19(26(27)28)21(24-16-23-20)25(14-17-9-5-3-6-10-17)15-18-11-7-4-8-12-18/h3-12,16H,2,13-15H2,1H3,(H,22,23,24). The lowest BCUT2D eigenvalue weighted by Gasteiger charge is -2.24. The highest BCUT2D eigenvalue weighted by Gasteiger charge is 2.27. The molecule has 2 aromatic carbocycles. The van der Waals surface area contributed by atoms with E-state index in [9.17, 15) is 10.1 Å². The van der Waals surface area contributed by atoms with Gasteiger partial charge in [0.2, 0.25) is 11.6 Å². The summed E-state index contributed by atoms with van der Waals surface area (Å²) >= 11 is 0. The van der Waals surface area contributed by atoms with E-state index in [1.807, 2.05) is 72.5 Å². The van der Waals surface area contributed by atoms with E-state index in [4.69, 9.17) is 0 Å². The summed E-state index contributed by atoms with van der Waals surface area (Å²) in [5.41, 5.74) is 2.01. The summed E-state index contributed by atoms with van der Waals surface area (Å²) in [6.45, 7) is 3.61. The molecule has 0 radical (unpaired) electrons. The predicted octanol–water partition coefficient (Wildman–Crippen LogP) is 4.41. The third-order valence-electron chi connectivity index (χ3n) is 4.26. The van der Waals surface area contributed by atoms with Gasteiger partial charge < -0.3 is 10.2 Å². The van der Waals surface area contributed by atoms with Crippen LogP contribution in [0.4, 0.5) is 17.3 Å². The molecule has 0 aliphatic heterocycles. The van der Waals surface area contributed by atoms with Crippen molar-refractivity contribution in [2.24, 2.45) is 0 Å². The van der Waals surface area contributed by atoms with E-state index in [-0.39, 0.29) is 11.5 Å². The topological polar surface area (TPSA) is 84.2 Å². The smallest absolute Gasteiger partial charge is 0.353 e. The second-order valence-corrected chi connectivity index (χ2v) is 6.41. The van der Waals surface area contributed by atoms with Crippen molar-refractivity contribution >= 4 is 17.3 Å². The zero-order valence-corrected chi connectivity index (χ0v) is 15.8. The van der Waals surface area contributed by atoms with E-state index in [0.29, 0.717) is 25.5 Å². The van der Waals surface area contributed by atoms with Crippen LogP contribution < -0.4 is 10.2 Å². The number of nitro groups is 1. The Kier molecular flexibility index (Phi) is 6.51. The molecule has 0 spiro atoms. The van der Waals surface area contributed by atoms with Crippen LogP contribution in [0.3, 0.4) is 0 Å². The fraction of sp³-hybridized carbons (Fsp3) is 0.238. The fourth-order valence-electron chi connectivity index (χ4n) is 2.96. The Morgan fingerprint density at radius 2 is 1.54 bits per heavy atom. The van der Waals surface area contributed by atoms with Crippen molar-refractivity contribution in [3.8, 4) is 0 Å². The molecule has 0 amide bonds. The minimum atomic E-state index is -0.406. The van der Waals surface area contributed by atoms with E-state index in [0.717, 1.165) is 17.5 Å². The van der Waals surface area contributed by atoms with Gasteiger partial charge in [-0.25, -0.2) is 9.97 Å². The maximum Gasteiger partial charge on any atom is 0.353 e. The number of nitrogens with one attached hydrogen (secondary N) is 1. The van der Waals surface area contributed by atoms with Crippen molar-refractivity contribution in [1.82, 2.24) is 9.97 Å². The monoisotopic (exact) mass is 377 g/mol. The molecule has 0 aliphatic rings. The Balaban J connectivity index is 2.02. The zero-order valence-electron chi connectivity index (χ0n) is 15.8. The molecular weight excluding hydrogens is 354 g/mol. The first-order valence-corrected chi connectivity index (χ1v) is 9.25. The lowest BCUT2D eigenvalue weighted by Crippen LogP contribution is -2.25. The van der Waals surface area contributed by atoms with Crippen molar-refractivity contribution in [2.45, 2.75) is 26.4 Å². The molecule has 0 bridgehead atoms. The molecule has 0 aliphatic carbocycles. The first-order valence-electron chi connectivity index (χ1n) is 9.25. The van der Waals surface area contributed by atoms with E-state index in [2.05, 4.69) is 15.3 Å². The van der Waals surface area contributed by atoms with Crippen molar-refractivity contribution in [1.29, 1.82) is 0 Å². The molecule has 28 heavy (non-hydrogen) atoms. The quantitative estimate of drug-likeness (QED) is 0.439. The Labute approximate surface area is 164 Å². The molecule has 7 nitrogen and oxygen atoms in total. The number of benzene rings is 2. The molecule has 144 valence electrons. The highest BCUT2D eigenvalue weighted by atomic mass is 16.6. The lowest BCUT2D eigenvalue weighted by atomic mass is 10.1. The average molecular weight is 377 g/mol. The highest BCUT2D eigenvalue weighted by Crippen LogP contribution is 2.33. The predicted molar refractivity (Wildman–Crippen MR) is 110 cm³/mol. The van der Waals surface area contributed by atoms with Gasteiger partial charge in [-0.05, 0) is 17.5 Å². The minimum Gasteiger partial charge on any atom is -0.364 e. The summed E-state index contributed by atoms with van der Waals surface area (Å²) in [7, 11) is 0. The number of hydrogen-bond acceptors (Lipinski definition) is 6. The number of aromatic nitrogens is 2. The summed E-state index contributed by atoms with van der Waals surface area (Å²) < 4.78 is 0. The molecule has 1 N–H and O–H groups in total. The van der Waals surface area contributed by atoms with Gasteiger partial charge in [-0.15, -0.1) is 0 Å². The van der Waals surface area contributed by atoms with Crippen LogP contribution >= 0.6 is 0 Å². The third-order valence-corrected chi connectivity index (χ3v) is 4.26. The average Bonchev–Trinajstić information content (AvgIpc) is 2.73. The molecule has 1 heterocycles. The van der Waals surface area contributed by atoms with Gasteiger partial charge in [0.05, 0.1) is 4.92 Å². The Morgan fingerprint density at radius 3 is 2.04 bits per heavy atom. The lowest BCUT2D eigenvalue weighted by molar-refractivity contribution is -0.383. The molecule has 0 fully saturated rings. The number of rotatable bonds is 9. The SMILES string of the molecule is CCCNc1ncnc(N(Cc2ccccc2)Cc2ccccc2)c1[N+](=O)[O-]. The maximum absolute atomic E-state index is 11.9. The Morgan fingerprint density at radius 1 is 0.964 bits per heavy atom. The van der Waals surface area contributed by atoms with E-state index >= 15 is 0 Å². The van der Waals surface area contributed by atoms with Crippen LogP contribution in [0, 0.1) is 10.1 Å². The van der Waals surface area contributed by atoms with Crippen LogP contribution in [-0.4, -0.2) is 21.4 Å². The largest absolute Gasteiger partial charge is 0.364 e. The fourth-order valence-corrected chi connectivity index (χ4v) is 2.96. The van der Waals surface area contributed by atoms with E-state index in [1.54, 1.807) is 0 Å². The molecular formula is C21H23N5O2. The Bertz CT molecular complexity index is 862. The zero-order chi connectivity index (χ0) is 19.8. The first kappa shape index (κ1) is 19.3. The van der Waals surface area contributed by atoms with Gasteiger partial charge in [-0.2, -0.15) is 0 Å².